The first kappa shape index (κ1) is 17.3. The first-order valence-electron chi connectivity index (χ1n) is 8.71. The van der Waals surface area contributed by atoms with Gasteiger partial charge in [0.1, 0.15) is 11.5 Å². The summed E-state index contributed by atoms with van der Waals surface area (Å²) < 4.78 is 7.51. The summed E-state index contributed by atoms with van der Waals surface area (Å²) in [7, 11) is 2.00. The molecule has 25 heavy (non-hydrogen) atoms. The molecule has 1 aliphatic rings. The Bertz CT molecular complexity index is 744. The molecule has 0 saturated carbocycles. The van der Waals surface area contributed by atoms with Crippen molar-refractivity contribution in [3.63, 3.8) is 0 Å². The molecule has 0 aliphatic carbocycles. The van der Waals surface area contributed by atoms with Gasteiger partial charge in [-0.05, 0) is 37.8 Å². The van der Waals surface area contributed by atoms with Gasteiger partial charge in [-0.15, -0.1) is 0 Å². The summed E-state index contributed by atoms with van der Waals surface area (Å²) in [6.07, 6.45) is 6.78. The average Bonchev–Trinajstić information content (AvgIpc) is 3.00. The summed E-state index contributed by atoms with van der Waals surface area (Å²) in [5.74, 6) is 1.84. The molecule has 0 N–H and O–H groups in total. The molecule has 0 bridgehead atoms. The Morgan fingerprint density at radius 2 is 2.28 bits per heavy atom. The topological polar surface area (TPSA) is 73.4 Å². The van der Waals surface area contributed by atoms with Crippen LogP contribution in [0.15, 0.2) is 30.6 Å². The Morgan fingerprint density at radius 1 is 1.44 bits per heavy atom. The molecule has 7 nitrogen and oxygen atoms in total. The van der Waals surface area contributed by atoms with E-state index in [4.69, 9.17) is 4.74 Å². The van der Waals surface area contributed by atoms with Crippen LogP contribution in [0.5, 0.6) is 5.75 Å². The van der Waals surface area contributed by atoms with Crippen molar-refractivity contribution in [3.8, 4) is 5.75 Å². The lowest BCUT2D eigenvalue weighted by Crippen LogP contribution is -2.37. The first-order chi connectivity index (χ1) is 12.1. The Balaban J connectivity index is 1.82. The van der Waals surface area contributed by atoms with E-state index in [1.165, 1.54) is 0 Å². The standard InChI is InChI=1S/C18H24N4O3/c1-3-25-16-8-4-7-15(18(16)22(23)24)21-10-5-6-14(13-21)12-17-19-9-11-20(17)2/h4,7-9,11,14H,3,5-6,10,12-13H2,1-2H3/t14-/m1/s1. The number of aromatic nitrogens is 2. The molecule has 1 aromatic carbocycles. The van der Waals surface area contributed by atoms with Crippen molar-refractivity contribution >= 4 is 11.4 Å². The van der Waals surface area contributed by atoms with E-state index in [1.807, 2.05) is 43.1 Å². The molecule has 2 aromatic rings. The van der Waals surface area contributed by atoms with E-state index in [0.29, 0.717) is 24.0 Å². The van der Waals surface area contributed by atoms with Crippen molar-refractivity contribution < 1.29 is 9.66 Å². The van der Waals surface area contributed by atoms with Gasteiger partial charge in [0.2, 0.25) is 0 Å². The number of hydrogen-bond donors (Lipinski definition) is 0. The van der Waals surface area contributed by atoms with Gasteiger partial charge in [0, 0.05) is 39.0 Å². The third-order valence-electron chi connectivity index (χ3n) is 4.71. The molecule has 134 valence electrons. The fraction of sp³-hybridized carbons (Fsp3) is 0.500. The van der Waals surface area contributed by atoms with Crippen LogP contribution in [0.1, 0.15) is 25.6 Å². The quantitative estimate of drug-likeness (QED) is 0.594. The maximum absolute atomic E-state index is 11.6. The summed E-state index contributed by atoms with van der Waals surface area (Å²) in [6.45, 7) is 3.86. The summed E-state index contributed by atoms with van der Waals surface area (Å²) in [6, 6.07) is 5.32. The second-order valence-corrected chi connectivity index (χ2v) is 6.43. The Labute approximate surface area is 147 Å². The fourth-order valence-corrected chi connectivity index (χ4v) is 3.52. The molecule has 1 atom stereocenters. The highest BCUT2D eigenvalue weighted by molar-refractivity contribution is 5.70. The van der Waals surface area contributed by atoms with Gasteiger partial charge in [0.25, 0.3) is 0 Å². The number of hydrogen-bond acceptors (Lipinski definition) is 5. The minimum Gasteiger partial charge on any atom is -0.487 e. The molecular formula is C18H24N4O3. The summed E-state index contributed by atoms with van der Waals surface area (Å²) >= 11 is 0. The van der Waals surface area contributed by atoms with Crippen LogP contribution < -0.4 is 9.64 Å². The third kappa shape index (κ3) is 3.75. The smallest absolute Gasteiger partial charge is 0.333 e. The van der Waals surface area contributed by atoms with Crippen LogP contribution in [-0.2, 0) is 13.5 Å². The van der Waals surface area contributed by atoms with Crippen LogP contribution in [0.4, 0.5) is 11.4 Å². The highest BCUT2D eigenvalue weighted by Gasteiger charge is 2.29. The van der Waals surface area contributed by atoms with E-state index in [0.717, 1.165) is 38.2 Å². The number of aryl methyl sites for hydroxylation is 1. The number of nitro benzene ring substituents is 1. The van der Waals surface area contributed by atoms with Crippen molar-refractivity contribution in [2.24, 2.45) is 13.0 Å². The molecule has 7 heteroatoms. The number of benzene rings is 1. The minimum atomic E-state index is -0.331. The zero-order chi connectivity index (χ0) is 17.8. The van der Waals surface area contributed by atoms with Crippen molar-refractivity contribution in [1.82, 2.24) is 9.55 Å². The molecule has 1 fully saturated rings. The van der Waals surface area contributed by atoms with Crippen LogP contribution >= 0.6 is 0 Å². The Kier molecular flexibility index (Phi) is 5.21. The molecule has 1 saturated heterocycles. The normalized spacial score (nSPS) is 17.5. The summed E-state index contributed by atoms with van der Waals surface area (Å²) in [4.78, 5) is 17.8. The first-order valence-corrected chi connectivity index (χ1v) is 8.71. The van der Waals surface area contributed by atoms with E-state index in [-0.39, 0.29) is 10.6 Å². The largest absolute Gasteiger partial charge is 0.487 e. The molecule has 0 unspecified atom stereocenters. The van der Waals surface area contributed by atoms with Gasteiger partial charge >= 0.3 is 5.69 Å². The molecule has 2 heterocycles. The molecule has 1 aromatic heterocycles. The molecule has 3 rings (SSSR count). The van der Waals surface area contributed by atoms with Crippen molar-refractivity contribution in [1.29, 1.82) is 0 Å². The summed E-state index contributed by atoms with van der Waals surface area (Å²) in [5.41, 5.74) is 0.725. The maximum atomic E-state index is 11.6. The number of ether oxygens (including phenoxy) is 1. The zero-order valence-corrected chi connectivity index (χ0v) is 14.7. The lowest BCUT2D eigenvalue weighted by atomic mass is 9.94. The van der Waals surface area contributed by atoms with E-state index in [1.54, 1.807) is 6.07 Å². The van der Waals surface area contributed by atoms with Gasteiger partial charge in [-0.3, -0.25) is 10.1 Å². The van der Waals surface area contributed by atoms with Gasteiger partial charge in [0.15, 0.2) is 5.75 Å². The van der Waals surface area contributed by atoms with Crippen molar-refractivity contribution in [3.05, 3.63) is 46.5 Å². The monoisotopic (exact) mass is 344 g/mol. The Morgan fingerprint density at radius 3 is 2.96 bits per heavy atom. The molecule has 1 aliphatic heterocycles. The maximum Gasteiger partial charge on any atom is 0.333 e. The number of anilines is 1. The van der Waals surface area contributed by atoms with Gasteiger partial charge in [-0.1, -0.05) is 6.07 Å². The molecule has 0 spiro atoms. The predicted molar refractivity (Wildman–Crippen MR) is 96.1 cm³/mol. The van der Waals surface area contributed by atoms with Crippen LogP contribution in [0, 0.1) is 16.0 Å². The van der Waals surface area contributed by atoms with Crippen LogP contribution in [0.3, 0.4) is 0 Å². The highest BCUT2D eigenvalue weighted by Crippen LogP contribution is 2.39. The number of imidazole rings is 1. The van der Waals surface area contributed by atoms with E-state index >= 15 is 0 Å². The number of rotatable bonds is 6. The minimum absolute atomic E-state index is 0.0713. The van der Waals surface area contributed by atoms with Crippen molar-refractivity contribution in [2.75, 3.05) is 24.6 Å². The number of nitrogens with zero attached hydrogens (tertiary/aromatic N) is 4. The number of para-hydroxylation sites is 1. The second kappa shape index (κ2) is 7.55. The highest BCUT2D eigenvalue weighted by atomic mass is 16.6. The van der Waals surface area contributed by atoms with Gasteiger partial charge in [-0.25, -0.2) is 4.98 Å². The van der Waals surface area contributed by atoms with E-state index < -0.39 is 0 Å². The fourth-order valence-electron chi connectivity index (χ4n) is 3.52. The van der Waals surface area contributed by atoms with Crippen LogP contribution in [0.25, 0.3) is 0 Å². The number of nitro groups is 1. The zero-order valence-electron chi connectivity index (χ0n) is 14.7. The van der Waals surface area contributed by atoms with Crippen molar-refractivity contribution in [2.45, 2.75) is 26.2 Å². The van der Waals surface area contributed by atoms with Gasteiger partial charge < -0.3 is 14.2 Å². The second-order valence-electron chi connectivity index (χ2n) is 6.43. The van der Waals surface area contributed by atoms with Crippen LogP contribution in [0.2, 0.25) is 0 Å². The summed E-state index contributed by atoms with van der Waals surface area (Å²) in [5, 5.41) is 11.6. The Hall–Kier alpha value is -2.57. The lowest BCUT2D eigenvalue weighted by molar-refractivity contribution is -0.385. The lowest BCUT2D eigenvalue weighted by Gasteiger charge is -2.34. The SMILES string of the molecule is CCOc1cccc(N2CCC[C@H](Cc3nccn3C)C2)c1[N+](=O)[O-]. The molecule has 0 radical (unpaired) electrons. The predicted octanol–water partition coefficient (Wildman–Crippen LogP) is 3.19. The van der Waals surface area contributed by atoms with E-state index in [2.05, 4.69) is 9.88 Å². The molecule has 0 amide bonds. The average molecular weight is 344 g/mol. The third-order valence-corrected chi connectivity index (χ3v) is 4.71. The molecular weight excluding hydrogens is 320 g/mol. The number of piperidine rings is 1. The van der Waals surface area contributed by atoms with E-state index in [9.17, 15) is 10.1 Å². The van der Waals surface area contributed by atoms with Gasteiger partial charge in [-0.2, -0.15) is 0 Å². The van der Waals surface area contributed by atoms with Gasteiger partial charge in [0.05, 0.1) is 11.5 Å². The van der Waals surface area contributed by atoms with Crippen LogP contribution in [-0.4, -0.2) is 34.2 Å².